The monoisotopic (exact) mass is 303 g/mol. The molecule has 0 unspecified atom stereocenters. The van der Waals surface area contributed by atoms with E-state index in [4.69, 9.17) is 5.73 Å². The number of amides is 1. The Balaban J connectivity index is 2.06. The van der Waals surface area contributed by atoms with Crippen LogP contribution in [0.4, 0.5) is 5.00 Å². The zero-order chi connectivity index (χ0) is 13.1. The van der Waals surface area contributed by atoms with Crippen molar-refractivity contribution in [3.8, 4) is 0 Å². The van der Waals surface area contributed by atoms with Crippen LogP contribution in [-0.4, -0.2) is 26.0 Å². The molecule has 0 bridgehead atoms. The van der Waals surface area contributed by atoms with Crippen LogP contribution in [0.15, 0.2) is 14.9 Å². The number of nitro groups is 1. The molecule has 2 N–H and O–H groups in total. The number of nitrogens with two attached hydrogens (primary N) is 1. The number of carbonyl (C=O) groups excluding carboxylic acids is 1. The Bertz CT molecular complexity index is 595. The molecule has 2 heterocycles. The number of rotatable bonds is 5. The molecule has 0 atom stereocenters. The van der Waals surface area contributed by atoms with E-state index in [1.165, 1.54) is 29.3 Å². The molecule has 0 spiro atoms. The van der Waals surface area contributed by atoms with Crippen molar-refractivity contribution in [2.75, 3.05) is 0 Å². The topological polar surface area (TPSA) is 125 Å². The summed E-state index contributed by atoms with van der Waals surface area (Å²) in [4.78, 5) is 24.6. The Morgan fingerprint density at radius 1 is 1.44 bits per heavy atom. The number of hydrogen-bond donors (Lipinski definition) is 1. The molecule has 0 fully saturated rings. The lowest BCUT2D eigenvalue weighted by atomic mass is 10.4. The molecule has 0 aliphatic rings. The summed E-state index contributed by atoms with van der Waals surface area (Å²) in [7, 11) is 0. The molecular weight excluding hydrogens is 298 g/mol. The lowest BCUT2D eigenvalue weighted by Crippen LogP contribution is -2.13. The van der Waals surface area contributed by atoms with Crippen LogP contribution in [0.25, 0.3) is 0 Å². The zero-order valence-electron chi connectivity index (χ0n) is 8.60. The van der Waals surface area contributed by atoms with Gasteiger partial charge >= 0.3 is 5.00 Å². The van der Waals surface area contributed by atoms with E-state index in [1.54, 1.807) is 0 Å². The van der Waals surface area contributed by atoms with Gasteiger partial charge in [-0.2, -0.15) is 0 Å². The van der Waals surface area contributed by atoms with E-state index < -0.39 is 10.8 Å². The molecule has 0 saturated carbocycles. The van der Waals surface area contributed by atoms with Crippen LogP contribution >= 0.6 is 34.4 Å². The Morgan fingerprint density at radius 2 is 2.22 bits per heavy atom. The first-order valence-corrected chi connectivity index (χ1v) is 6.88. The Morgan fingerprint density at radius 3 is 2.83 bits per heavy atom. The highest BCUT2D eigenvalue weighted by Gasteiger charge is 2.15. The largest absolute Gasteiger partial charge is 0.369 e. The summed E-state index contributed by atoms with van der Waals surface area (Å²) in [5, 5.41) is 18.6. The van der Waals surface area contributed by atoms with Gasteiger partial charge in [-0.15, -0.1) is 10.2 Å². The standard InChI is InChI=1S/C7H5N5O3S3/c8-3(13)1-4-10-11-7(16-4)18-6-9-2-5(17-6)12(14)15/h2H,1H2,(H2,8,13). The predicted molar refractivity (Wildman–Crippen MR) is 65.7 cm³/mol. The van der Waals surface area contributed by atoms with Crippen molar-refractivity contribution >= 4 is 45.3 Å². The molecule has 2 rings (SSSR count). The second kappa shape index (κ2) is 5.37. The van der Waals surface area contributed by atoms with Gasteiger partial charge in [0.05, 0.1) is 11.3 Å². The second-order valence-corrected chi connectivity index (χ2v) is 6.49. The maximum absolute atomic E-state index is 10.7. The smallest absolute Gasteiger partial charge is 0.344 e. The first kappa shape index (κ1) is 12.9. The lowest BCUT2D eigenvalue weighted by Gasteiger charge is -1.87. The van der Waals surface area contributed by atoms with Gasteiger partial charge in [0.15, 0.2) is 8.68 Å². The molecule has 0 aromatic carbocycles. The summed E-state index contributed by atoms with van der Waals surface area (Å²) in [5.74, 6) is -0.479. The minimum absolute atomic E-state index is 0.0284. The molecular formula is C7H5N5O3S3. The third-order valence-corrected chi connectivity index (χ3v) is 4.60. The van der Waals surface area contributed by atoms with E-state index in [1.807, 2.05) is 0 Å². The van der Waals surface area contributed by atoms with Gasteiger partial charge in [0, 0.05) is 0 Å². The van der Waals surface area contributed by atoms with Gasteiger partial charge < -0.3 is 5.73 Å². The summed E-state index contributed by atoms with van der Waals surface area (Å²) >= 11 is 3.34. The quantitative estimate of drug-likeness (QED) is 0.647. The van der Waals surface area contributed by atoms with E-state index in [0.29, 0.717) is 13.7 Å². The van der Waals surface area contributed by atoms with Crippen molar-refractivity contribution in [1.82, 2.24) is 15.2 Å². The van der Waals surface area contributed by atoms with E-state index in [9.17, 15) is 14.9 Å². The molecule has 1 amide bonds. The van der Waals surface area contributed by atoms with Crippen LogP contribution in [0.1, 0.15) is 5.01 Å². The highest BCUT2D eigenvalue weighted by atomic mass is 32.2. The third-order valence-electron chi connectivity index (χ3n) is 1.60. The number of nitrogens with zero attached hydrogens (tertiary/aromatic N) is 4. The van der Waals surface area contributed by atoms with Gasteiger partial charge in [0.1, 0.15) is 11.2 Å². The lowest BCUT2D eigenvalue weighted by molar-refractivity contribution is -0.380. The Hall–Kier alpha value is -1.59. The van der Waals surface area contributed by atoms with Crippen LogP contribution in [0.2, 0.25) is 0 Å². The van der Waals surface area contributed by atoms with Gasteiger partial charge in [-0.1, -0.05) is 11.3 Å². The number of primary amides is 1. The summed E-state index contributed by atoms with van der Waals surface area (Å²) in [6.45, 7) is 0. The number of aromatic nitrogens is 3. The zero-order valence-corrected chi connectivity index (χ0v) is 11.0. The fraction of sp³-hybridized carbons (Fsp3) is 0.143. The van der Waals surface area contributed by atoms with Gasteiger partial charge in [-0.05, 0) is 23.1 Å². The fourth-order valence-electron chi connectivity index (χ4n) is 0.956. The molecule has 2 aromatic rings. The minimum Gasteiger partial charge on any atom is -0.369 e. The van der Waals surface area contributed by atoms with Crippen LogP contribution in [-0.2, 0) is 11.2 Å². The van der Waals surface area contributed by atoms with E-state index in [0.717, 1.165) is 11.3 Å². The van der Waals surface area contributed by atoms with Crippen LogP contribution < -0.4 is 5.73 Å². The summed E-state index contributed by atoms with van der Waals surface area (Å²) in [6, 6.07) is 0. The van der Waals surface area contributed by atoms with Crippen LogP contribution in [0.5, 0.6) is 0 Å². The third kappa shape index (κ3) is 3.21. The molecule has 0 aliphatic heterocycles. The Labute approximate surface area is 112 Å². The first-order chi connectivity index (χ1) is 8.54. The normalized spacial score (nSPS) is 10.4. The highest BCUT2D eigenvalue weighted by molar-refractivity contribution is 8.02. The van der Waals surface area contributed by atoms with Crippen LogP contribution in [0.3, 0.4) is 0 Å². The highest BCUT2D eigenvalue weighted by Crippen LogP contribution is 2.35. The molecule has 18 heavy (non-hydrogen) atoms. The number of hydrogen-bond acceptors (Lipinski definition) is 9. The average Bonchev–Trinajstić information content (AvgIpc) is 2.88. The van der Waals surface area contributed by atoms with Gasteiger partial charge in [-0.25, -0.2) is 4.98 Å². The molecule has 94 valence electrons. The van der Waals surface area contributed by atoms with Crippen molar-refractivity contribution in [3.05, 3.63) is 21.3 Å². The van der Waals surface area contributed by atoms with Crippen molar-refractivity contribution in [3.63, 3.8) is 0 Å². The van der Waals surface area contributed by atoms with Gasteiger partial charge in [-0.3, -0.25) is 14.9 Å². The SMILES string of the molecule is NC(=O)Cc1nnc(Sc2ncc([N+](=O)[O-])s2)s1. The number of carbonyl (C=O) groups is 1. The van der Waals surface area contributed by atoms with Crippen molar-refractivity contribution in [2.45, 2.75) is 15.1 Å². The van der Waals surface area contributed by atoms with Crippen LogP contribution in [0, 0.1) is 10.1 Å². The maximum atomic E-state index is 10.7. The van der Waals surface area contributed by atoms with Crippen molar-refractivity contribution in [1.29, 1.82) is 0 Å². The van der Waals surface area contributed by atoms with Crippen molar-refractivity contribution < 1.29 is 9.72 Å². The summed E-state index contributed by atoms with van der Waals surface area (Å²) < 4.78 is 1.07. The predicted octanol–water partition coefficient (Wildman–Crippen LogP) is 1.08. The minimum atomic E-state index is -0.500. The fourth-order valence-corrected chi connectivity index (χ4v) is 3.85. The molecule has 11 heteroatoms. The van der Waals surface area contributed by atoms with E-state index >= 15 is 0 Å². The van der Waals surface area contributed by atoms with Gasteiger partial charge in [0.25, 0.3) is 0 Å². The average molecular weight is 303 g/mol. The molecule has 8 nitrogen and oxygen atoms in total. The van der Waals surface area contributed by atoms with Crippen molar-refractivity contribution in [2.24, 2.45) is 5.73 Å². The van der Waals surface area contributed by atoms with E-state index in [-0.39, 0.29) is 11.4 Å². The Kier molecular flexibility index (Phi) is 3.84. The summed E-state index contributed by atoms with van der Waals surface area (Å²) in [6.07, 6.45) is 1.23. The molecule has 0 aliphatic carbocycles. The maximum Gasteiger partial charge on any atom is 0.344 e. The molecule has 0 saturated heterocycles. The van der Waals surface area contributed by atoms with Gasteiger partial charge in [0.2, 0.25) is 5.91 Å². The van der Waals surface area contributed by atoms with E-state index in [2.05, 4.69) is 15.2 Å². The molecule has 0 radical (unpaired) electrons. The summed E-state index contributed by atoms with van der Waals surface area (Å²) in [5.41, 5.74) is 5.03. The number of thiazole rings is 1. The molecule has 2 aromatic heterocycles. The second-order valence-electron chi connectivity index (χ2n) is 2.93. The first-order valence-electron chi connectivity index (χ1n) is 4.43.